The summed E-state index contributed by atoms with van der Waals surface area (Å²) < 4.78 is 0. The number of hydrogen-bond donors (Lipinski definition) is 1. The van der Waals surface area contributed by atoms with Crippen LogP contribution in [0.4, 0.5) is 4.79 Å². The molecule has 3 nitrogen and oxygen atoms in total. The van der Waals surface area contributed by atoms with Crippen molar-refractivity contribution in [2.75, 3.05) is 0 Å². The van der Waals surface area contributed by atoms with Crippen LogP contribution in [0.1, 0.15) is 40.0 Å². The first-order chi connectivity index (χ1) is 6.72. The Kier molecular flexibility index (Phi) is 3.15. The normalized spacial score (nSPS) is 36.0. The molecule has 2 bridgehead atoms. The van der Waals surface area contributed by atoms with Gasteiger partial charge < -0.3 is 5.11 Å². The maximum Gasteiger partial charge on any atom is 0.401 e. The minimum absolute atomic E-state index is 0.0255. The van der Waals surface area contributed by atoms with Gasteiger partial charge >= 0.3 is 5.43 Å². The van der Waals surface area contributed by atoms with Gasteiger partial charge in [0.2, 0.25) is 0 Å². The number of rotatable bonds is 0. The van der Waals surface area contributed by atoms with Crippen molar-refractivity contribution in [1.29, 1.82) is 0 Å². The summed E-state index contributed by atoms with van der Waals surface area (Å²) >= 11 is 4.19. The van der Waals surface area contributed by atoms with E-state index < -0.39 is 5.43 Å². The molecule has 2 aliphatic rings. The lowest BCUT2D eigenvalue weighted by Crippen LogP contribution is -2.32. The molecule has 2 unspecified atom stereocenters. The molecule has 0 aromatic carbocycles. The summed E-state index contributed by atoms with van der Waals surface area (Å²) in [5, 5.41) is 7.18. The highest BCUT2D eigenvalue weighted by atomic mass is 35.5. The highest BCUT2D eigenvalue weighted by molar-refractivity contribution is 6.60. The Labute approximate surface area is 94.8 Å². The summed E-state index contributed by atoms with van der Waals surface area (Å²) in [5.41, 5.74) is -1.05. The minimum Gasteiger partial charge on any atom is -0.469 e. The van der Waals surface area contributed by atoms with Crippen LogP contribution in [0.5, 0.6) is 0 Å². The molecule has 0 radical (unpaired) electrons. The van der Waals surface area contributed by atoms with Gasteiger partial charge in [-0.3, -0.25) is 4.79 Å². The number of hydrogen-bond acceptors (Lipinski definition) is 2. The van der Waals surface area contributed by atoms with Crippen LogP contribution < -0.4 is 0 Å². The van der Waals surface area contributed by atoms with Gasteiger partial charge in [0.1, 0.15) is 5.78 Å². The van der Waals surface area contributed by atoms with Crippen LogP contribution in [0.25, 0.3) is 0 Å². The maximum absolute atomic E-state index is 11.6. The van der Waals surface area contributed by atoms with Crippen molar-refractivity contribution < 1.29 is 14.7 Å². The molecule has 0 spiro atoms. The van der Waals surface area contributed by atoms with Crippen molar-refractivity contribution in [2.45, 2.75) is 40.0 Å². The van der Waals surface area contributed by atoms with Crippen LogP contribution in [0.15, 0.2) is 0 Å². The molecular weight excluding hydrogens is 216 g/mol. The molecule has 0 aliphatic heterocycles. The predicted molar refractivity (Wildman–Crippen MR) is 58.1 cm³/mol. The van der Waals surface area contributed by atoms with Gasteiger partial charge in [0, 0.05) is 23.4 Å². The average Bonchev–Trinajstić information content (AvgIpc) is 2.36. The van der Waals surface area contributed by atoms with E-state index in [9.17, 15) is 4.79 Å². The monoisotopic (exact) mass is 232 g/mol. The smallest absolute Gasteiger partial charge is 0.401 e. The van der Waals surface area contributed by atoms with Crippen molar-refractivity contribution in [1.82, 2.24) is 0 Å². The molecule has 0 aromatic heterocycles. The molecule has 15 heavy (non-hydrogen) atoms. The zero-order chi connectivity index (χ0) is 11.9. The standard InChI is InChI=1S/C10H16O.CHClO2/c1-9(2)7-4-5-10(9,3)8(11)6-7;2-1(3)4/h7H,4-6H2,1-3H3;(H,3,4). The fourth-order valence-corrected chi connectivity index (χ4v) is 2.90. The first kappa shape index (κ1) is 12.5. The molecule has 86 valence electrons. The first-order valence-electron chi connectivity index (χ1n) is 5.13. The lowest BCUT2D eigenvalue weighted by molar-refractivity contribution is -0.128. The Morgan fingerprint density at radius 3 is 2.07 bits per heavy atom. The Balaban J connectivity index is 0.000000245. The molecule has 0 saturated heterocycles. The molecule has 0 heterocycles. The molecule has 1 N–H and O–H groups in total. The zero-order valence-electron chi connectivity index (χ0n) is 9.34. The second-order valence-corrected chi connectivity index (χ2v) is 5.49. The average molecular weight is 233 g/mol. The van der Waals surface area contributed by atoms with Crippen LogP contribution in [-0.4, -0.2) is 16.3 Å². The molecule has 2 rings (SSSR count). The lowest BCUT2D eigenvalue weighted by Gasteiger charge is -2.32. The van der Waals surface area contributed by atoms with E-state index in [1.165, 1.54) is 6.42 Å². The largest absolute Gasteiger partial charge is 0.469 e. The third-order valence-electron chi connectivity index (χ3n) is 4.48. The Morgan fingerprint density at radius 1 is 1.47 bits per heavy atom. The van der Waals surface area contributed by atoms with E-state index >= 15 is 0 Å². The van der Waals surface area contributed by atoms with E-state index in [-0.39, 0.29) is 10.8 Å². The Bertz CT molecular complexity index is 294. The summed E-state index contributed by atoms with van der Waals surface area (Å²) in [4.78, 5) is 20.3. The van der Waals surface area contributed by atoms with Gasteiger partial charge in [-0.15, -0.1) is 0 Å². The van der Waals surface area contributed by atoms with E-state index in [4.69, 9.17) is 9.90 Å². The molecule has 2 saturated carbocycles. The van der Waals surface area contributed by atoms with Crippen molar-refractivity contribution in [3.63, 3.8) is 0 Å². The quantitative estimate of drug-likeness (QED) is 0.652. The highest BCUT2D eigenvalue weighted by Crippen LogP contribution is 2.63. The molecule has 2 atom stereocenters. The molecule has 2 fully saturated rings. The number of halogens is 1. The minimum atomic E-state index is -1.36. The number of carbonyl (C=O) groups is 2. The molecule has 4 heteroatoms. The lowest BCUT2D eigenvalue weighted by atomic mass is 9.70. The predicted octanol–water partition coefficient (Wildman–Crippen LogP) is 3.30. The number of carbonyl (C=O) groups excluding carboxylic acids is 1. The number of ketones is 1. The van der Waals surface area contributed by atoms with Gasteiger partial charge in [0.05, 0.1) is 0 Å². The number of fused-ring (bicyclic) bond motifs is 2. The van der Waals surface area contributed by atoms with E-state index in [1.54, 1.807) is 0 Å². The van der Waals surface area contributed by atoms with E-state index in [1.807, 2.05) is 0 Å². The van der Waals surface area contributed by atoms with E-state index in [0.29, 0.717) is 11.7 Å². The summed E-state index contributed by atoms with van der Waals surface area (Å²) in [5.74, 6) is 1.19. The Morgan fingerprint density at radius 2 is 1.93 bits per heavy atom. The van der Waals surface area contributed by atoms with Crippen LogP contribution >= 0.6 is 11.6 Å². The third kappa shape index (κ3) is 1.89. The number of Topliss-reactive ketones (excluding diaryl/α,β-unsaturated/α-hetero) is 1. The van der Waals surface area contributed by atoms with Crippen LogP contribution in [0.2, 0.25) is 0 Å². The summed E-state index contributed by atoms with van der Waals surface area (Å²) in [6, 6.07) is 0. The summed E-state index contributed by atoms with van der Waals surface area (Å²) in [6.45, 7) is 6.67. The van der Waals surface area contributed by atoms with Gasteiger partial charge in [-0.2, -0.15) is 0 Å². The van der Waals surface area contributed by atoms with Crippen molar-refractivity contribution in [2.24, 2.45) is 16.7 Å². The molecular formula is C11H17ClO3. The number of carboxylic acid groups (broad SMARTS) is 1. The van der Waals surface area contributed by atoms with Crippen molar-refractivity contribution >= 4 is 22.8 Å². The summed E-state index contributed by atoms with van der Waals surface area (Å²) in [7, 11) is 0. The maximum atomic E-state index is 11.6. The van der Waals surface area contributed by atoms with E-state index in [0.717, 1.165) is 12.8 Å². The first-order valence-corrected chi connectivity index (χ1v) is 5.51. The summed E-state index contributed by atoms with van der Waals surface area (Å²) in [6.07, 6.45) is 3.25. The van der Waals surface area contributed by atoms with E-state index in [2.05, 4.69) is 32.4 Å². The third-order valence-corrected chi connectivity index (χ3v) is 4.48. The van der Waals surface area contributed by atoms with Crippen molar-refractivity contribution in [3.05, 3.63) is 0 Å². The van der Waals surface area contributed by atoms with Gasteiger partial charge in [-0.05, 0) is 24.2 Å². The molecule has 0 amide bonds. The van der Waals surface area contributed by atoms with Gasteiger partial charge in [0.15, 0.2) is 0 Å². The topological polar surface area (TPSA) is 54.4 Å². The second-order valence-electron chi connectivity index (χ2n) is 5.17. The highest BCUT2D eigenvalue weighted by Gasteiger charge is 2.61. The fraction of sp³-hybridized carbons (Fsp3) is 0.818. The van der Waals surface area contributed by atoms with Crippen LogP contribution in [-0.2, 0) is 4.79 Å². The fourth-order valence-electron chi connectivity index (χ4n) is 2.90. The SMILES string of the molecule is CC12CCC(CC1=O)C2(C)C.O=C(O)Cl. The molecule has 2 aliphatic carbocycles. The van der Waals surface area contributed by atoms with Crippen LogP contribution in [0.3, 0.4) is 0 Å². The zero-order valence-corrected chi connectivity index (χ0v) is 10.1. The van der Waals surface area contributed by atoms with Gasteiger partial charge in [-0.25, -0.2) is 4.79 Å². The molecule has 0 aromatic rings. The van der Waals surface area contributed by atoms with Crippen molar-refractivity contribution in [3.8, 4) is 0 Å². The van der Waals surface area contributed by atoms with Gasteiger partial charge in [0.25, 0.3) is 0 Å². The Hall–Kier alpha value is -0.570. The van der Waals surface area contributed by atoms with Crippen LogP contribution in [0, 0.1) is 16.7 Å². The van der Waals surface area contributed by atoms with Gasteiger partial charge in [-0.1, -0.05) is 20.8 Å². The second kappa shape index (κ2) is 3.78.